The fourth-order valence-corrected chi connectivity index (χ4v) is 4.73. The van der Waals surface area contributed by atoms with Crippen LogP contribution < -0.4 is 10.9 Å². The van der Waals surface area contributed by atoms with Crippen LogP contribution in [-0.2, 0) is 22.6 Å². The molecule has 1 aliphatic heterocycles. The van der Waals surface area contributed by atoms with E-state index in [4.69, 9.17) is 0 Å². The molecule has 0 unspecified atom stereocenters. The van der Waals surface area contributed by atoms with E-state index in [2.05, 4.69) is 20.3 Å². The molecule has 1 saturated heterocycles. The Morgan fingerprint density at radius 1 is 1.37 bits per heavy atom. The van der Waals surface area contributed by atoms with Crippen molar-refractivity contribution in [1.82, 2.24) is 25.2 Å². The summed E-state index contributed by atoms with van der Waals surface area (Å²) in [6.07, 6.45) is 4.04. The highest BCUT2D eigenvalue weighted by atomic mass is 32.1. The summed E-state index contributed by atoms with van der Waals surface area (Å²) in [5.74, 6) is 0.00293. The molecule has 1 fully saturated rings. The molecule has 2 N–H and O–H groups in total. The Bertz CT molecular complexity index is 1150. The number of thiophene rings is 1. The lowest BCUT2D eigenvalue weighted by molar-refractivity contribution is -0.129. The van der Waals surface area contributed by atoms with Crippen LogP contribution in [0.25, 0.3) is 10.2 Å². The molecule has 156 valence electrons. The number of likely N-dealkylation sites (tertiary alicyclic amines) is 1. The van der Waals surface area contributed by atoms with Crippen molar-refractivity contribution in [1.29, 1.82) is 0 Å². The maximum absolute atomic E-state index is 12.5. The maximum atomic E-state index is 12.5. The first-order valence-corrected chi connectivity index (χ1v) is 10.7. The summed E-state index contributed by atoms with van der Waals surface area (Å²) in [5, 5.41) is 3.52. The van der Waals surface area contributed by atoms with Gasteiger partial charge in [-0.25, -0.2) is 4.98 Å². The largest absolute Gasteiger partial charge is 0.355 e. The van der Waals surface area contributed by atoms with Crippen molar-refractivity contribution in [2.24, 2.45) is 5.92 Å². The second-order valence-corrected chi connectivity index (χ2v) is 8.76. The summed E-state index contributed by atoms with van der Waals surface area (Å²) >= 11 is 1.50. The van der Waals surface area contributed by atoms with E-state index in [1.165, 1.54) is 11.3 Å². The number of hydrogen-bond acceptors (Lipinski definition) is 6. The molecule has 0 saturated carbocycles. The van der Waals surface area contributed by atoms with Crippen LogP contribution in [0.5, 0.6) is 0 Å². The number of pyridine rings is 1. The fourth-order valence-electron chi connectivity index (χ4n) is 3.68. The van der Waals surface area contributed by atoms with Crippen molar-refractivity contribution >= 4 is 33.4 Å². The van der Waals surface area contributed by atoms with Gasteiger partial charge in [-0.3, -0.25) is 19.4 Å². The molecule has 2 amide bonds. The summed E-state index contributed by atoms with van der Waals surface area (Å²) < 4.78 is 0. The third-order valence-corrected chi connectivity index (χ3v) is 6.53. The number of aryl methyl sites for hydroxylation is 2. The van der Waals surface area contributed by atoms with Crippen molar-refractivity contribution in [3.05, 3.63) is 56.7 Å². The molecule has 4 rings (SSSR count). The molecule has 30 heavy (non-hydrogen) atoms. The number of hydrogen-bond donors (Lipinski definition) is 2. The normalized spacial score (nSPS) is 16.4. The second kappa shape index (κ2) is 8.35. The molecule has 1 aliphatic rings. The molecular weight excluding hydrogens is 402 g/mol. The van der Waals surface area contributed by atoms with Crippen molar-refractivity contribution in [2.75, 3.05) is 13.1 Å². The van der Waals surface area contributed by atoms with Gasteiger partial charge in [-0.05, 0) is 31.0 Å². The molecule has 0 radical (unpaired) electrons. The van der Waals surface area contributed by atoms with Gasteiger partial charge in [-0.1, -0.05) is 6.07 Å². The van der Waals surface area contributed by atoms with E-state index in [0.29, 0.717) is 37.3 Å². The summed E-state index contributed by atoms with van der Waals surface area (Å²) in [4.78, 5) is 52.0. The van der Waals surface area contributed by atoms with Crippen LogP contribution in [-0.4, -0.2) is 44.8 Å². The van der Waals surface area contributed by atoms with Crippen LogP contribution in [0, 0.1) is 19.8 Å². The van der Waals surface area contributed by atoms with E-state index in [1.807, 2.05) is 26.0 Å². The Morgan fingerprint density at radius 3 is 2.97 bits per heavy atom. The predicted octanol–water partition coefficient (Wildman–Crippen LogP) is 1.70. The number of carbonyl (C=O) groups is 2. The van der Waals surface area contributed by atoms with Crippen molar-refractivity contribution in [3.8, 4) is 0 Å². The minimum absolute atomic E-state index is 0.0288. The average molecular weight is 426 g/mol. The Kier molecular flexibility index (Phi) is 5.63. The molecule has 9 heteroatoms. The molecule has 8 nitrogen and oxygen atoms in total. The first-order valence-electron chi connectivity index (χ1n) is 9.85. The SMILES string of the molecule is Cc1sc2nc(CCNC(=O)[C@H]3CC(=O)N(Cc4cccnc4)C3)[nH]c(=O)c2c1C. The zero-order chi connectivity index (χ0) is 21.3. The molecule has 1 atom stereocenters. The highest BCUT2D eigenvalue weighted by Crippen LogP contribution is 2.25. The van der Waals surface area contributed by atoms with Crippen LogP contribution >= 0.6 is 11.3 Å². The fraction of sp³-hybridized carbons (Fsp3) is 0.381. The lowest BCUT2D eigenvalue weighted by Crippen LogP contribution is -2.34. The number of nitrogens with one attached hydrogen (secondary N) is 2. The predicted molar refractivity (Wildman–Crippen MR) is 114 cm³/mol. The number of H-pyrrole nitrogens is 1. The lowest BCUT2D eigenvalue weighted by Gasteiger charge is -2.16. The second-order valence-electron chi connectivity index (χ2n) is 7.55. The van der Waals surface area contributed by atoms with Gasteiger partial charge in [-0.15, -0.1) is 11.3 Å². The van der Waals surface area contributed by atoms with E-state index < -0.39 is 0 Å². The van der Waals surface area contributed by atoms with Crippen LogP contribution in [0.4, 0.5) is 0 Å². The number of aromatic nitrogens is 3. The molecule has 3 aromatic heterocycles. The van der Waals surface area contributed by atoms with Gasteiger partial charge in [0.2, 0.25) is 11.8 Å². The van der Waals surface area contributed by atoms with Crippen molar-refractivity contribution in [3.63, 3.8) is 0 Å². The van der Waals surface area contributed by atoms with Gasteiger partial charge >= 0.3 is 0 Å². The third-order valence-electron chi connectivity index (χ3n) is 5.43. The standard InChI is InChI=1S/C21H23N5O3S/c1-12-13(2)30-21-18(12)20(29)24-16(25-21)5-7-23-19(28)15-8-17(27)26(11-15)10-14-4-3-6-22-9-14/h3-4,6,9,15H,5,7-8,10-11H2,1-2H3,(H,23,28)(H,24,25,29)/t15-/m0/s1. The van der Waals surface area contributed by atoms with Gasteiger partial charge in [0, 0.05) is 49.7 Å². The minimum Gasteiger partial charge on any atom is -0.355 e. The summed E-state index contributed by atoms with van der Waals surface area (Å²) in [7, 11) is 0. The Hall–Kier alpha value is -3.07. The van der Waals surface area contributed by atoms with Crippen LogP contribution in [0.1, 0.15) is 28.2 Å². The number of rotatable bonds is 6. The molecule has 0 bridgehead atoms. The maximum Gasteiger partial charge on any atom is 0.259 e. The Morgan fingerprint density at radius 2 is 2.20 bits per heavy atom. The van der Waals surface area contributed by atoms with Gasteiger partial charge in [0.05, 0.1) is 11.3 Å². The first kappa shape index (κ1) is 20.2. The summed E-state index contributed by atoms with van der Waals surface area (Å²) in [6.45, 7) is 5.10. The topological polar surface area (TPSA) is 108 Å². The van der Waals surface area contributed by atoms with E-state index in [0.717, 1.165) is 20.8 Å². The quantitative estimate of drug-likeness (QED) is 0.625. The zero-order valence-corrected chi connectivity index (χ0v) is 17.7. The lowest BCUT2D eigenvalue weighted by atomic mass is 10.1. The van der Waals surface area contributed by atoms with Gasteiger partial charge in [0.25, 0.3) is 5.56 Å². The zero-order valence-electron chi connectivity index (χ0n) is 16.9. The average Bonchev–Trinajstić information content (AvgIpc) is 3.22. The van der Waals surface area contributed by atoms with Crippen molar-refractivity contribution < 1.29 is 9.59 Å². The smallest absolute Gasteiger partial charge is 0.259 e. The van der Waals surface area contributed by atoms with Crippen LogP contribution in [0.3, 0.4) is 0 Å². The van der Waals surface area contributed by atoms with E-state index >= 15 is 0 Å². The van der Waals surface area contributed by atoms with Gasteiger partial charge in [0.1, 0.15) is 10.7 Å². The van der Waals surface area contributed by atoms with E-state index in [1.54, 1.807) is 17.3 Å². The molecule has 0 spiro atoms. The number of nitrogens with zero attached hydrogens (tertiary/aromatic N) is 3. The van der Waals surface area contributed by atoms with Gasteiger partial charge in [-0.2, -0.15) is 0 Å². The summed E-state index contributed by atoms with van der Waals surface area (Å²) in [6, 6.07) is 3.74. The third kappa shape index (κ3) is 4.11. The van der Waals surface area contributed by atoms with Crippen LogP contribution in [0.2, 0.25) is 0 Å². The highest BCUT2D eigenvalue weighted by Gasteiger charge is 2.34. The number of carbonyl (C=O) groups excluding carboxylic acids is 2. The molecule has 3 aromatic rings. The van der Waals surface area contributed by atoms with Gasteiger partial charge in [0.15, 0.2) is 0 Å². The monoisotopic (exact) mass is 425 g/mol. The van der Waals surface area contributed by atoms with E-state index in [-0.39, 0.29) is 29.7 Å². The molecule has 4 heterocycles. The molecular formula is C21H23N5O3S. The summed E-state index contributed by atoms with van der Waals surface area (Å²) in [5.41, 5.74) is 1.76. The minimum atomic E-state index is -0.369. The van der Waals surface area contributed by atoms with Crippen molar-refractivity contribution in [2.45, 2.75) is 33.2 Å². The number of fused-ring (bicyclic) bond motifs is 1. The first-order chi connectivity index (χ1) is 14.4. The molecule has 0 aliphatic carbocycles. The Balaban J connectivity index is 1.32. The highest BCUT2D eigenvalue weighted by molar-refractivity contribution is 7.18. The van der Waals surface area contributed by atoms with Gasteiger partial charge < -0.3 is 15.2 Å². The molecule has 0 aromatic carbocycles. The number of aromatic amines is 1. The number of amides is 2. The van der Waals surface area contributed by atoms with Crippen LogP contribution in [0.15, 0.2) is 29.3 Å². The van der Waals surface area contributed by atoms with E-state index in [9.17, 15) is 14.4 Å². The Labute approximate surface area is 177 Å².